The number of hydrogen-bond acceptors (Lipinski definition) is 7. The van der Waals surface area contributed by atoms with Crippen molar-refractivity contribution in [1.29, 1.82) is 0 Å². The number of para-hydroxylation sites is 1. The number of rotatable bonds is 2. The minimum Gasteiger partial charge on any atom is -0.346 e. The fraction of sp³-hybridized carbons (Fsp3) is 0.278. The van der Waals surface area contributed by atoms with Crippen LogP contribution in [0.15, 0.2) is 42.7 Å². The maximum Gasteiger partial charge on any atom is 0.293 e. The van der Waals surface area contributed by atoms with Crippen molar-refractivity contribution in [3.63, 3.8) is 0 Å². The van der Waals surface area contributed by atoms with Crippen LogP contribution in [-0.2, 0) is 0 Å². The number of carbonyl (C=O) groups excluding carboxylic acids is 1. The van der Waals surface area contributed by atoms with Crippen LogP contribution in [0.1, 0.15) is 17.0 Å². The molecule has 136 valence electrons. The average molecular weight is 379 g/mol. The fourth-order valence-electron chi connectivity index (χ4n) is 3.27. The number of fused-ring (bicyclic) bond motifs is 2. The largest absolute Gasteiger partial charge is 0.346 e. The first-order chi connectivity index (χ1) is 13.3. The van der Waals surface area contributed by atoms with Crippen LogP contribution < -0.4 is 4.90 Å². The van der Waals surface area contributed by atoms with Crippen molar-refractivity contribution < 1.29 is 4.79 Å². The highest BCUT2D eigenvalue weighted by molar-refractivity contribution is 7.22. The maximum atomic E-state index is 12.8. The van der Waals surface area contributed by atoms with Gasteiger partial charge in [-0.15, -0.1) is 5.10 Å². The molecule has 8 nitrogen and oxygen atoms in total. The van der Waals surface area contributed by atoms with Gasteiger partial charge < -0.3 is 9.80 Å². The molecular formula is C18H17N7OS. The van der Waals surface area contributed by atoms with Crippen molar-refractivity contribution in [2.45, 2.75) is 6.42 Å². The van der Waals surface area contributed by atoms with E-state index in [1.54, 1.807) is 29.8 Å². The summed E-state index contributed by atoms with van der Waals surface area (Å²) in [5.74, 6) is 0.487. The molecule has 1 aliphatic heterocycles. The average Bonchev–Trinajstić information content (AvgIpc) is 3.24. The third-order valence-corrected chi connectivity index (χ3v) is 5.74. The van der Waals surface area contributed by atoms with E-state index < -0.39 is 0 Å². The summed E-state index contributed by atoms with van der Waals surface area (Å²) in [4.78, 5) is 30.0. The Kier molecular flexibility index (Phi) is 3.93. The quantitative estimate of drug-likeness (QED) is 0.531. The second kappa shape index (κ2) is 6.58. The Morgan fingerprint density at radius 3 is 2.85 bits per heavy atom. The van der Waals surface area contributed by atoms with Gasteiger partial charge in [0.2, 0.25) is 5.82 Å². The lowest BCUT2D eigenvalue weighted by molar-refractivity contribution is 0.0755. The Bertz CT molecular complexity index is 1060. The molecule has 0 spiro atoms. The molecule has 0 unspecified atom stereocenters. The molecule has 27 heavy (non-hydrogen) atoms. The number of hydrogen-bond donors (Lipinski definition) is 0. The monoisotopic (exact) mass is 379 g/mol. The van der Waals surface area contributed by atoms with E-state index >= 15 is 0 Å². The molecule has 1 aromatic carbocycles. The van der Waals surface area contributed by atoms with Crippen LogP contribution in [0, 0.1) is 0 Å². The van der Waals surface area contributed by atoms with Crippen LogP contribution in [0.4, 0.5) is 5.13 Å². The first-order valence-corrected chi connectivity index (χ1v) is 9.67. The third kappa shape index (κ3) is 2.99. The highest BCUT2D eigenvalue weighted by Gasteiger charge is 2.24. The molecule has 1 fully saturated rings. The van der Waals surface area contributed by atoms with E-state index in [1.165, 1.54) is 9.22 Å². The molecule has 3 aromatic heterocycles. The predicted octanol–water partition coefficient (Wildman–Crippen LogP) is 2.09. The zero-order valence-electron chi connectivity index (χ0n) is 14.5. The summed E-state index contributed by atoms with van der Waals surface area (Å²) in [5, 5.41) is 5.27. The molecule has 0 atom stereocenters. The van der Waals surface area contributed by atoms with Gasteiger partial charge in [0.1, 0.15) is 0 Å². The lowest BCUT2D eigenvalue weighted by atomic mass is 10.3. The van der Waals surface area contributed by atoms with Crippen molar-refractivity contribution in [1.82, 2.24) is 29.5 Å². The topological polar surface area (TPSA) is 79.5 Å². The molecule has 1 saturated heterocycles. The van der Waals surface area contributed by atoms with E-state index in [2.05, 4.69) is 26.0 Å². The van der Waals surface area contributed by atoms with Gasteiger partial charge in [-0.05, 0) is 24.6 Å². The van der Waals surface area contributed by atoms with Gasteiger partial charge in [-0.3, -0.25) is 4.79 Å². The van der Waals surface area contributed by atoms with E-state index in [0.29, 0.717) is 18.9 Å². The number of carbonyl (C=O) groups is 1. The SMILES string of the molecule is O=C(c1nc2ncccn2n1)N1CCCN(c2nc3ccccc3s2)CC1. The van der Waals surface area contributed by atoms with E-state index in [9.17, 15) is 4.79 Å². The first-order valence-electron chi connectivity index (χ1n) is 8.85. The van der Waals surface area contributed by atoms with Crippen LogP contribution in [0.25, 0.3) is 16.0 Å². The second-order valence-corrected chi connectivity index (χ2v) is 7.41. The number of benzene rings is 1. The number of aromatic nitrogens is 5. The third-order valence-electron chi connectivity index (χ3n) is 4.64. The molecule has 4 heterocycles. The Morgan fingerprint density at radius 1 is 1.04 bits per heavy atom. The Hall–Kier alpha value is -3.07. The zero-order chi connectivity index (χ0) is 18.2. The van der Waals surface area contributed by atoms with Crippen molar-refractivity contribution in [3.05, 3.63) is 48.5 Å². The van der Waals surface area contributed by atoms with Gasteiger partial charge in [0, 0.05) is 38.6 Å². The molecule has 0 N–H and O–H groups in total. The number of nitrogens with zero attached hydrogens (tertiary/aromatic N) is 7. The van der Waals surface area contributed by atoms with Crippen molar-refractivity contribution in [2.75, 3.05) is 31.1 Å². The Labute approximate surface area is 159 Å². The van der Waals surface area contributed by atoms with Crippen molar-refractivity contribution >= 4 is 38.4 Å². The highest BCUT2D eigenvalue weighted by Crippen LogP contribution is 2.29. The summed E-state index contributed by atoms with van der Waals surface area (Å²) in [7, 11) is 0. The zero-order valence-corrected chi connectivity index (χ0v) is 15.3. The molecule has 9 heteroatoms. The van der Waals surface area contributed by atoms with E-state index in [4.69, 9.17) is 4.98 Å². The summed E-state index contributed by atoms with van der Waals surface area (Å²) < 4.78 is 2.71. The standard InChI is InChI=1S/C18H17N7OS/c26-16(15-21-17-19-7-3-10-25(17)22-15)23-8-4-9-24(12-11-23)18-20-13-5-1-2-6-14(13)27-18/h1-3,5-7,10H,4,8-9,11-12H2. The lowest BCUT2D eigenvalue weighted by Crippen LogP contribution is -2.35. The van der Waals surface area contributed by atoms with Gasteiger partial charge >= 0.3 is 0 Å². The number of anilines is 1. The minimum atomic E-state index is -0.147. The van der Waals surface area contributed by atoms with E-state index in [1.807, 2.05) is 23.1 Å². The molecule has 0 radical (unpaired) electrons. The summed E-state index contributed by atoms with van der Waals surface area (Å²) in [6, 6.07) is 9.92. The van der Waals surface area contributed by atoms with Crippen LogP contribution in [0.2, 0.25) is 0 Å². The van der Waals surface area contributed by atoms with Gasteiger partial charge in [0.05, 0.1) is 10.2 Å². The summed E-state index contributed by atoms with van der Waals surface area (Å²) in [6.07, 6.45) is 4.26. The molecule has 0 bridgehead atoms. The van der Waals surface area contributed by atoms with Crippen molar-refractivity contribution in [3.8, 4) is 0 Å². The number of thiazole rings is 1. The summed E-state index contributed by atoms with van der Waals surface area (Å²) in [6.45, 7) is 2.93. The molecule has 0 saturated carbocycles. The molecule has 0 aliphatic carbocycles. The molecule has 4 aromatic rings. The number of amides is 1. The van der Waals surface area contributed by atoms with E-state index in [-0.39, 0.29) is 11.7 Å². The fourth-order valence-corrected chi connectivity index (χ4v) is 4.29. The summed E-state index contributed by atoms with van der Waals surface area (Å²) >= 11 is 1.70. The van der Waals surface area contributed by atoms with Crippen LogP contribution in [0.3, 0.4) is 0 Å². The van der Waals surface area contributed by atoms with Gasteiger partial charge in [0.25, 0.3) is 11.7 Å². The smallest absolute Gasteiger partial charge is 0.293 e. The molecule has 1 amide bonds. The molecular weight excluding hydrogens is 362 g/mol. The van der Waals surface area contributed by atoms with Crippen LogP contribution in [0.5, 0.6) is 0 Å². The van der Waals surface area contributed by atoms with Gasteiger partial charge in [-0.25, -0.2) is 14.5 Å². The highest BCUT2D eigenvalue weighted by atomic mass is 32.1. The van der Waals surface area contributed by atoms with Gasteiger partial charge in [-0.2, -0.15) is 4.98 Å². The Balaban J connectivity index is 1.33. The van der Waals surface area contributed by atoms with Gasteiger partial charge in [-0.1, -0.05) is 23.5 Å². The van der Waals surface area contributed by atoms with Crippen LogP contribution in [-0.4, -0.2) is 61.6 Å². The molecule has 1 aliphatic rings. The van der Waals surface area contributed by atoms with Crippen molar-refractivity contribution in [2.24, 2.45) is 0 Å². The normalized spacial score (nSPS) is 15.4. The predicted molar refractivity (Wildman–Crippen MR) is 103 cm³/mol. The lowest BCUT2D eigenvalue weighted by Gasteiger charge is -2.20. The minimum absolute atomic E-state index is 0.147. The maximum absolute atomic E-state index is 12.8. The first kappa shape index (κ1) is 16.1. The van der Waals surface area contributed by atoms with Crippen LogP contribution >= 0.6 is 11.3 Å². The molecule has 5 rings (SSSR count). The Morgan fingerprint density at radius 2 is 1.96 bits per heavy atom. The van der Waals surface area contributed by atoms with Gasteiger partial charge in [0.15, 0.2) is 5.13 Å². The second-order valence-electron chi connectivity index (χ2n) is 6.40. The van der Waals surface area contributed by atoms with E-state index in [0.717, 1.165) is 30.2 Å². The summed E-state index contributed by atoms with van der Waals surface area (Å²) in [5.41, 5.74) is 1.02.